The first-order chi connectivity index (χ1) is 9.15. The van der Waals surface area contributed by atoms with Gasteiger partial charge in [0.05, 0.1) is 0 Å². The molecule has 0 radical (unpaired) electrons. The molecule has 0 atom stereocenters. The largest absolute Gasteiger partial charge is 0.289 e. The summed E-state index contributed by atoms with van der Waals surface area (Å²) >= 11 is 7.08. The predicted molar refractivity (Wildman–Crippen MR) is 77.5 cm³/mol. The molecule has 0 saturated carbocycles. The van der Waals surface area contributed by atoms with Gasteiger partial charge in [0.2, 0.25) is 0 Å². The first kappa shape index (κ1) is 13.8. The number of halogens is 1. The van der Waals surface area contributed by atoms with Crippen LogP contribution >= 0.6 is 23.4 Å². The lowest BCUT2D eigenvalue weighted by Crippen LogP contribution is -1.93. The van der Waals surface area contributed by atoms with Crippen LogP contribution in [0.2, 0.25) is 5.02 Å². The van der Waals surface area contributed by atoms with Gasteiger partial charge in [-0.1, -0.05) is 23.4 Å². The SMILES string of the molecule is Cc1ccnc(SC=CC(=O)c2ccc(Cl)cc2)n1. The number of nitrogens with zero attached hydrogens (tertiary/aromatic N) is 2. The van der Waals surface area contributed by atoms with Crippen LogP contribution in [0, 0.1) is 6.92 Å². The van der Waals surface area contributed by atoms with Gasteiger partial charge in [-0.05, 0) is 48.7 Å². The maximum absolute atomic E-state index is 11.8. The molecule has 0 unspecified atom stereocenters. The third-order valence-electron chi connectivity index (χ3n) is 2.29. The van der Waals surface area contributed by atoms with Gasteiger partial charge in [0.1, 0.15) is 0 Å². The number of benzene rings is 1. The summed E-state index contributed by atoms with van der Waals surface area (Å²) in [6.07, 6.45) is 3.19. The monoisotopic (exact) mass is 290 g/mol. The molecule has 96 valence electrons. The molecule has 0 bridgehead atoms. The van der Waals surface area contributed by atoms with E-state index in [-0.39, 0.29) is 5.78 Å². The van der Waals surface area contributed by atoms with Gasteiger partial charge < -0.3 is 0 Å². The zero-order valence-corrected chi connectivity index (χ0v) is 11.8. The van der Waals surface area contributed by atoms with Crippen LogP contribution in [0.15, 0.2) is 53.2 Å². The first-order valence-electron chi connectivity index (χ1n) is 5.58. The summed E-state index contributed by atoms with van der Waals surface area (Å²) in [6.45, 7) is 1.90. The van der Waals surface area contributed by atoms with E-state index in [0.717, 1.165) is 5.69 Å². The molecule has 1 aromatic heterocycles. The van der Waals surface area contributed by atoms with Gasteiger partial charge in [0.15, 0.2) is 10.9 Å². The number of allylic oxidation sites excluding steroid dienone is 1. The van der Waals surface area contributed by atoms with E-state index in [2.05, 4.69) is 9.97 Å². The molecule has 1 heterocycles. The molecule has 5 heteroatoms. The van der Waals surface area contributed by atoms with Gasteiger partial charge in [-0.2, -0.15) is 0 Å². The zero-order valence-electron chi connectivity index (χ0n) is 10.2. The van der Waals surface area contributed by atoms with Crippen LogP contribution in [0.1, 0.15) is 16.1 Å². The second-order valence-corrected chi connectivity index (χ2v) is 5.08. The Kier molecular flexibility index (Phi) is 4.71. The fraction of sp³-hybridized carbons (Fsp3) is 0.0714. The van der Waals surface area contributed by atoms with Crippen LogP contribution < -0.4 is 0 Å². The van der Waals surface area contributed by atoms with Gasteiger partial charge in [-0.15, -0.1) is 0 Å². The fourth-order valence-corrected chi connectivity index (χ4v) is 2.11. The van der Waals surface area contributed by atoms with Gasteiger partial charge in [-0.3, -0.25) is 4.79 Å². The van der Waals surface area contributed by atoms with Gasteiger partial charge in [0.25, 0.3) is 0 Å². The van der Waals surface area contributed by atoms with Crippen LogP contribution in [0.3, 0.4) is 0 Å². The first-order valence-corrected chi connectivity index (χ1v) is 6.83. The maximum atomic E-state index is 11.8. The Morgan fingerprint density at radius 3 is 2.68 bits per heavy atom. The molecule has 2 rings (SSSR count). The Morgan fingerprint density at radius 2 is 2.00 bits per heavy atom. The summed E-state index contributed by atoms with van der Waals surface area (Å²) in [5.74, 6) is -0.0724. The van der Waals surface area contributed by atoms with E-state index >= 15 is 0 Å². The number of aryl methyl sites for hydroxylation is 1. The van der Waals surface area contributed by atoms with E-state index in [4.69, 9.17) is 11.6 Å². The lowest BCUT2D eigenvalue weighted by atomic mass is 10.1. The van der Waals surface area contributed by atoms with Crippen LogP contribution in [-0.4, -0.2) is 15.8 Å². The highest BCUT2D eigenvalue weighted by Gasteiger charge is 2.01. The molecule has 0 N–H and O–H groups in total. The second-order valence-electron chi connectivity index (χ2n) is 3.77. The predicted octanol–water partition coefficient (Wildman–Crippen LogP) is 3.93. The Bertz CT molecular complexity index is 611. The van der Waals surface area contributed by atoms with Crippen molar-refractivity contribution in [2.75, 3.05) is 0 Å². The molecule has 3 nitrogen and oxygen atoms in total. The third-order valence-corrected chi connectivity index (χ3v) is 3.23. The number of carbonyl (C=O) groups excluding carboxylic acids is 1. The van der Waals surface area contributed by atoms with Crippen LogP contribution in [-0.2, 0) is 0 Å². The number of rotatable bonds is 4. The van der Waals surface area contributed by atoms with Crippen molar-refractivity contribution in [3.63, 3.8) is 0 Å². The summed E-state index contributed by atoms with van der Waals surface area (Å²) in [5.41, 5.74) is 1.50. The number of thioether (sulfide) groups is 1. The van der Waals surface area contributed by atoms with Crippen molar-refractivity contribution in [2.45, 2.75) is 12.1 Å². The second kappa shape index (κ2) is 6.50. The highest BCUT2D eigenvalue weighted by atomic mass is 35.5. The lowest BCUT2D eigenvalue weighted by Gasteiger charge is -1.96. The summed E-state index contributed by atoms with van der Waals surface area (Å²) in [7, 11) is 0. The molecule has 0 spiro atoms. The van der Waals surface area contributed by atoms with Gasteiger partial charge in [-0.25, -0.2) is 9.97 Å². The Balaban J connectivity index is 1.99. The Hall–Kier alpha value is -1.65. The summed E-state index contributed by atoms with van der Waals surface area (Å²) in [4.78, 5) is 20.1. The molecular weight excluding hydrogens is 280 g/mol. The van der Waals surface area contributed by atoms with E-state index in [9.17, 15) is 4.79 Å². The lowest BCUT2D eigenvalue weighted by molar-refractivity contribution is 0.104. The minimum atomic E-state index is -0.0724. The number of carbonyl (C=O) groups is 1. The van der Waals surface area contributed by atoms with Crippen molar-refractivity contribution in [1.82, 2.24) is 9.97 Å². The molecule has 19 heavy (non-hydrogen) atoms. The average molecular weight is 291 g/mol. The average Bonchev–Trinajstić information content (AvgIpc) is 2.39. The standard InChI is InChI=1S/C14H11ClN2OS/c1-10-6-8-16-14(17-10)19-9-7-13(18)11-2-4-12(15)5-3-11/h2-9H,1H3. The topological polar surface area (TPSA) is 42.9 Å². The molecule has 2 aromatic rings. The fourth-order valence-electron chi connectivity index (χ4n) is 1.35. The Labute approximate surface area is 120 Å². The number of ketones is 1. The highest BCUT2D eigenvalue weighted by Crippen LogP contribution is 2.15. The summed E-state index contributed by atoms with van der Waals surface area (Å²) < 4.78 is 0. The van der Waals surface area contributed by atoms with Crippen molar-refractivity contribution in [1.29, 1.82) is 0 Å². The van der Waals surface area contributed by atoms with E-state index in [1.54, 1.807) is 35.9 Å². The number of hydrogen-bond donors (Lipinski definition) is 0. The van der Waals surface area contributed by atoms with E-state index in [0.29, 0.717) is 15.7 Å². The molecular formula is C14H11ClN2OS. The smallest absolute Gasteiger partial charge is 0.192 e. The van der Waals surface area contributed by atoms with E-state index in [1.807, 2.05) is 13.0 Å². The normalized spacial score (nSPS) is 10.8. The van der Waals surface area contributed by atoms with Crippen LogP contribution in [0.4, 0.5) is 0 Å². The number of aromatic nitrogens is 2. The zero-order chi connectivity index (χ0) is 13.7. The van der Waals surface area contributed by atoms with Crippen molar-refractivity contribution in [3.05, 3.63) is 64.3 Å². The summed E-state index contributed by atoms with van der Waals surface area (Å²) in [6, 6.07) is 8.61. The molecule has 0 amide bonds. The summed E-state index contributed by atoms with van der Waals surface area (Å²) in [5, 5.41) is 2.93. The Morgan fingerprint density at radius 1 is 1.26 bits per heavy atom. The minimum absolute atomic E-state index is 0.0724. The van der Waals surface area contributed by atoms with Crippen LogP contribution in [0.25, 0.3) is 0 Å². The molecule has 0 fully saturated rings. The van der Waals surface area contributed by atoms with Gasteiger partial charge in [0, 0.05) is 22.5 Å². The third kappa shape index (κ3) is 4.19. The quantitative estimate of drug-likeness (QED) is 0.370. The minimum Gasteiger partial charge on any atom is -0.289 e. The van der Waals surface area contributed by atoms with Crippen LogP contribution in [0.5, 0.6) is 0 Å². The number of hydrogen-bond acceptors (Lipinski definition) is 4. The van der Waals surface area contributed by atoms with Gasteiger partial charge >= 0.3 is 0 Å². The molecule has 1 aromatic carbocycles. The molecule has 0 aliphatic heterocycles. The maximum Gasteiger partial charge on any atom is 0.192 e. The van der Waals surface area contributed by atoms with E-state index < -0.39 is 0 Å². The molecule has 0 aliphatic carbocycles. The molecule has 0 saturated heterocycles. The van der Waals surface area contributed by atoms with Crippen molar-refractivity contribution in [2.24, 2.45) is 0 Å². The highest BCUT2D eigenvalue weighted by molar-refractivity contribution is 8.02. The van der Waals surface area contributed by atoms with E-state index in [1.165, 1.54) is 17.8 Å². The van der Waals surface area contributed by atoms with Crippen molar-refractivity contribution < 1.29 is 4.79 Å². The van der Waals surface area contributed by atoms with Crippen molar-refractivity contribution >= 4 is 29.1 Å². The van der Waals surface area contributed by atoms with Crippen molar-refractivity contribution in [3.8, 4) is 0 Å². The molecule has 0 aliphatic rings.